The van der Waals surface area contributed by atoms with Crippen LogP contribution in [0.2, 0.25) is 0 Å². The Bertz CT molecular complexity index is 1200. The second kappa shape index (κ2) is 9.49. The van der Waals surface area contributed by atoms with Crippen LogP contribution in [0, 0.1) is 0 Å². The van der Waals surface area contributed by atoms with Gasteiger partial charge < -0.3 is 14.7 Å². The zero-order chi connectivity index (χ0) is 23.5. The van der Waals surface area contributed by atoms with Crippen LogP contribution in [0.3, 0.4) is 0 Å². The van der Waals surface area contributed by atoms with E-state index < -0.39 is 17.7 Å². The number of unbranched alkanes of at least 4 members (excludes halogenated alkanes) is 1. The topological polar surface area (TPSA) is 66.8 Å². The molecule has 0 bridgehead atoms. The number of ether oxygens (including phenoxy) is 1. The third kappa shape index (κ3) is 4.36. The summed E-state index contributed by atoms with van der Waals surface area (Å²) in [6.07, 6.45) is 1.69. The lowest BCUT2D eigenvalue weighted by molar-refractivity contribution is -0.139. The molecule has 0 radical (unpaired) electrons. The van der Waals surface area contributed by atoms with E-state index in [4.69, 9.17) is 4.74 Å². The molecule has 1 aliphatic heterocycles. The number of rotatable bonds is 7. The molecule has 1 atom stereocenters. The SMILES string of the molecule is CCCCN1C(=O)C(=O)/C(=C(\O)c2ccc(OC(C)C)cc2)C1c1cccc2ccccc12. The second-order valence-electron chi connectivity index (χ2n) is 8.61. The van der Waals surface area contributed by atoms with Gasteiger partial charge in [0.15, 0.2) is 0 Å². The normalized spacial score (nSPS) is 17.8. The Kier molecular flexibility index (Phi) is 6.50. The Hall–Kier alpha value is -3.60. The molecule has 3 aromatic carbocycles. The number of ketones is 1. The van der Waals surface area contributed by atoms with Crippen molar-refractivity contribution in [1.29, 1.82) is 0 Å². The molecule has 0 saturated carbocycles. The molecule has 1 heterocycles. The van der Waals surface area contributed by atoms with E-state index in [0.717, 1.165) is 29.2 Å². The van der Waals surface area contributed by atoms with E-state index in [1.807, 2.05) is 63.2 Å². The highest BCUT2D eigenvalue weighted by molar-refractivity contribution is 6.46. The first-order valence-electron chi connectivity index (χ1n) is 11.5. The molecule has 0 aromatic heterocycles. The number of likely N-dealkylation sites (tertiary alicyclic amines) is 1. The number of carbonyl (C=O) groups excluding carboxylic acids is 2. The van der Waals surface area contributed by atoms with Gasteiger partial charge in [0, 0.05) is 12.1 Å². The van der Waals surface area contributed by atoms with E-state index in [-0.39, 0.29) is 17.4 Å². The number of fused-ring (bicyclic) bond motifs is 1. The van der Waals surface area contributed by atoms with Gasteiger partial charge in [0.05, 0.1) is 17.7 Å². The number of nitrogens with zero attached hydrogens (tertiary/aromatic N) is 1. The molecule has 1 amide bonds. The fourth-order valence-electron chi connectivity index (χ4n) is 4.37. The summed E-state index contributed by atoms with van der Waals surface area (Å²) in [5.41, 5.74) is 1.44. The average Bonchev–Trinajstić information content (AvgIpc) is 3.06. The van der Waals surface area contributed by atoms with Gasteiger partial charge in [0.2, 0.25) is 0 Å². The van der Waals surface area contributed by atoms with Gasteiger partial charge in [-0.3, -0.25) is 9.59 Å². The van der Waals surface area contributed by atoms with Crippen LogP contribution in [0.15, 0.2) is 72.3 Å². The van der Waals surface area contributed by atoms with Crippen molar-refractivity contribution in [3.05, 3.63) is 83.4 Å². The van der Waals surface area contributed by atoms with Gasteiger partial charge >= 0.3 is 0 Å². The largest absolute Gasteiger partial charge is 0.507 e. The fourth-order valence-corrected chi connectivity index (χ4v) is 4.37. The minimum absolute atomic E-state index is 0.0275. The minimum Gasteiger partial charge on any atom is -0.507 e. The molecule has 170 valence electrons. The third-order valence-corrected chi connectivity index (χ3v) is 5.91. The Morgan fingerprint density at radius 2 is 1.70 bits per heavy atom. The summed E-state index contributed by atoms with van der Waals surface area (Å²) in [7, 11) is 0. The van der Waals surface area contributed by atoms with Crippen LogP contribution in [0.25, 0.3) is 16.5 Å². The van der Waals surface area contributed by atoms with E-state index in [2.05, 4.69) is 0 Å². The standard InChI is InChI=1S/C28H29NO4/c1-4-5-17-29-25(23-12-8-10-19-9-6-7-11-22(19)23)24(27(31)28(29)32)26(30)20-13-15-21(16-14-20)33-18(2)3/h6-16,18,25,30H,4-5,17H2,1-3H3/b26-24-. The minimum atomic E-state index is -0.649. The number of amides is 1. The molecule has 1 N–H and O–H groups in total. The number of hydrogen-bond donors (Lipinski definition) is 1. The lowest BCUT2D eigenvalue weighted by Gasteiger charge is -2.26. The predicted octanol–water partition coefficient (Wildman–Crippen LogP) is 5.85. The van der Waals surface area contributed by atoms with Crippen LogP contribution in [0.5, 0.6) is 5.75 Å². The van der Waals surface area contributed by atoms with E-state index in [1.165, 1.54) is 0 Å². The Morgan fingerprint density at radius 3 is 2.39 bits per heavy atom. The molecule has 33 heavy (non-hydrogen) atoms. The number of Topliss-reactive ketones (excluding diaryl/α,β-unsaturated/α-hetero) is 1. The first-order valence-corrected chi connectivity index (χ1v) is 11.5. The molecule has 3 aromatic rings. The maximum Gasteiger partial charge on any atom is 0.295 e. The van der Waals surface area contributed by atoms with Gasteiger partial charge in [-0.1, -0.05) is 55.8 Å². The molecule has 0 spiro atoms. The van der Waals surface area contributed by atoms with Crippen LogP contribution in [0.1, 0.15) is 50.8 Å². The lowest BCUT2D eigenvalue weighted by atomic mass is 9.91. The summed E-state index contributed by atoms with van der Waals surface area (Å²) in [6.45, 7) is 6.38. The number of hydrogen-bond acceptors (Lipinski definition) is 4. The average molecular weight is 444 g/mol. The van der Waals surface area contributed by atoms with Crippen molar-refractivity contribution in [2.45, 2.75) is 45.8 Å². The summed E-state index contributed by atoms with van der Waals surface area (Å²) in [5, 5.41) is 13.2. The third-order valence-electron chi connectivity index (χ3n) is 5.91. The van der Waals surface area contributed by atoms with Crippen molar-refractivity contribution in [2.24, 2.45) is 0 Å². The summed E-state index contributed by atoms with van der Waals surface area (Å²) < 4.78 is 5.69. The molecule has 1 unspecified atom stereocenters. The molecule has 4 rings (SSSR count). The van der Waals surface area contributed by atoms with Crippen molar-refractivity contribution in [2.75, 3.05) is 6.54 Å². The molecule has 0 aliphatic carbocycles. The summed E-state index contributed by atoms with van der Waals surface area (Å²) in [4.78, 5) is 27.9. The molecule has 1 saturated heterocycles. The second-order valence-corrected chi connectivity index (χ2v) is 8.61. The van der Waals surface area contributed by atoms with Gasteiger partial charge in [0.25, 0.3) is 11.7 Å². The van der Waals surface area contributed by atoms with Crippen LogP contribution in [0.4, 0.5) is 0 Å². The van der Waals surface area contributed by atoms with Crippen LogP contribution >= 0.6 is 0 Å². The van der Waals surface area contributed by atoms with Gasteiger partial charge in [-0.25, -0.2) is 0 Å². The highest BCUT2D eigenvalue weighted by Crippen LogP contribution is 2.42. The zero-order valence-corrected chi connectivity index (χ0v) is 19.2. The van der Waals surface area contributed by atoms with Gasteiger partial charge in [-0.2, -0.15) is 0 Å². The highest BCUT2D eigenvalue weighted by Gasteiger charge is 2.46. The number of aliphatic hydroxyl groups is 1. The van der Waals surface area contributed by atoms with Crippen LogP contribution < -0.4 is 4.74 Å². The van der Waals surface area contributed by atoms with Crippen LogP contribution in [-0.4, -0.2) is 34.3 Å². The van der Waals surface area contributed by atoms with Gasteiger partial charge in [-0.15, -0.1) is 0 Å². The lowest BCUT2D eigenvalue weighted by Crippen LogP contribution is -2.30. The smallest absolute Gasteiger partial charge is 0.295 e. The maximum atomic E-state index is 13.2. The molecular formula is C28H29NO4. The van der Waals surface area contributed by atoms with E-state index in [9.17, 15) is 14.7 Å². The van der Waals surface area contributed by atoms with Crippen molar-refractivity contribution in [1.82, 2.24) is 4.90 Å². The van der Waals surface area contributed by atoms with Crippen LogP contribution in [-0.2, 0) is 9.59 Å². The summed E-state index contributed by atoms with van der Waals surface area (Å²) >= 11 is 0. The first-order chi connectivity index (χ1) is 15.9. The van der Waals surface area contributed by atoms with Crippen molar-refractivity contribution < 1.29 is 19.4 Å². The Balaban J connectivity index is 1.87. The molecule has 5 nitrogen and oxygen atoms in total. The van der Waals surface area contributed by atoms with Crippen molar-refractivity contribution in [3.63, 3.8) is 0 Å². The highest BCUT2D eigenvalue weighted by atomic mass is 16.5. The van der Waals surface area contributed by atoms with Gasteiger partial charge in [-0.05, 0) is 60.9 Å². The van der Waals surface area contributed by atoms with Crippen molar-refractivity contribution >= 4 is 28.2 Å². The molecule has 1 fully saturated rings. The molecular weight excluding hydrogens is 414 g/mol. The summed E-state index contributed by atoms with van der Waals surface area (Å²) in [5.74, 6) is -0.705. The Morgan fingerprint density at radius 1 is 1.00 bits per heavy atom. The first kappa shape index (κ1) is 22.6. The van der Waals surface area contributed by atoms with Crippen molar-refractivity contribution in [3.8, 4) is 5.75 Å². The van der Waals surface area contributed by atoms with Gasteiger partial charge in [0.1, 0.15) is 11.5 Å². The monoisotopic (exact) mass is 443 g/mol. The number of benzene rings is 3. The zero-order valence-electron chi connectivity index (χ0n) is 19.2. The van der Waals surface area contributed by atoms with E-state index in [0.29, 0.717) is 17.9 Å². The molecule has 1 aliphatic rings. The quantitative estimate of drug-likeness (QED) is 0.283. The molecule has 5 heteroatoms. The Labute approximate surface area is 194 Å². The predicted molar refractivity (Wildman–Crippen MR) is 130 cm³/mol. The number of carbonyl (C=O) groups is 2. The fraction of sp³-hybridized carbons (Fsp3) is 0.286. The number of aliphatic hydroxyl groups excluding tert-OH is 1. The van der Waals surface area contributed by atoms with E-state index in [1.54, 1.807) is 29.2 Å². The summed E-state index contributed by atoms with van der Waals surface area (Å²) in [6, 6.07) is 20.1. The maximum absolute atomic E-state index is 13.2. The van der Waals surface area contributed by atoms with E-state index >= 15 is 0 Å².